The highest BCUT2D eigenvalue weighted by Crippen LogP contribution is 2.27. The number of primary amides is 1. The van der Waals surface area contributed by atoms with Crippen molar-refractivity contribution in [3.8, 4) is 0 Å². The summed E-state index contributed by atoms with van der Waals surface area (Å²) in [5, 5.41) is 0. The van der Waals surface area contributed by atoms with E-state index in [1.54, 1.807) is 0 Å². The van der Waals surface area contributed by atoms with Gasteiger partial charge in [0.2, 0.25) is 5.91 Å². The number of amides is 1. The van der Waals surface area contributed by atoms with Crippen LogP contribution in [0.25, 0.3) is 0 Å². The van der Waals surface area contributed by atoms with Crippen LogP contribution in [0.1, 0.15) is 23.5 Å². The third-order valence-corrected chi connectivity index (χ3v) is 2.81. The van der Waals surface area contributed by atoms with E-state index < -0.39 is 0 Å². The fourth-order valence-corrected chi connectivity index (χ4v) is 2.00. The predicted octanol–water partition coefficient (Wildman–Crippen LogP) is 2.69. The van der Waals surface area contributed by atoms with Crippen molar-refractivity contribution in [3.63, 3.8) is 0 Å². The second kappa shape index (κ2) is 5.30. The lowest BCUT2D eigenvalue weighted by molar-refractivity contribution is -0.118. The van der Waals surface area contributed by atoms with Crippen molar-refractivity contribution < 1.29 is 4.79 Å². The third-order valence-electron chi connectivity index (χ3n) is 2.81. The summed E-state index contributed by atoms with van der Waals surface area (Å²) in [5.41, 5.74) is 7.57. The quantitative estimate of drug-likeness (QED) is 0.854. The van der Waals surface area contributed by atoms with Gasteiger partial charge in [0.1, 0.15) is 0 Å². The third kappa shape index (κ3) is 2.94. The van der Waals surface area contributed by atoms with Crippen LogP contribution in [0.15, 0.2) is 60.7 Å². The molecule has 0 atom stereocenters. The van der Waals surface area contributed by atoms with Crippen LogP contribution in [0.3, 0.4) is 0 Å². The molecule has 0 saturated heterocycles. The van der Waals surface area contributed by atoms with Crippen molar-refractivity contribution in [1.82, 2.24) is 0 Å². The Bertz CT molecular complexity index is 439. The number of carbonyl (C=O) groups is 1. The molecule has 0 aliphatic rings. The summed E-state index contributed by atoms with van der Waals surface area (Å²) in [6.07, 6.45) is 0.341. The minimum absolute atomic E-state index is 0.0508. The van der Waals surface area contributed by atoms with Gasteiger partial charge in [-0.05, 0) is 11.1 Å². The van der Waals surface area contributed by atoms with Gasteiger partial charge in [-0.15, -0.1) is 0 Å². The van der Waals surface area contributed by atoms with E-state index in [4.69, 9.17) is 5.73 Å². The van der Waals surface area contributed by atoms with Crippen LogP contribution in [-0.2, 0) is 4.79 Å². The maximum atomic E-state index is 11.2. The van der Waals surface area contributed by atoms with Gasteiger partial charge < -0.3 is 5.73 Å². The van der Waals surface area contributed by atoms with E-state index in [2.05, 4.69) is 0 Å². The molecule has 0 radical (unpaired) electrons. The van der Waals surface area contributed by atoms with Gasteiger partial charge in [-0.1, -0.05) is 60.7 Å². The van der Waals surface area contributed by atoms with Crippen LogP contribution < -0.4 is 5.73 Å². The topological polar surface area (TPSA) is 43.1 Å². The molecule has 17 heavy (non-hydrogen) atoms. The van der Waals surface area contributed by atoms with Crippen LogP contribution >= 0.6 is 0 Å². The maximum Gasteiger partial charge on any atom is 0.218 e. The van der Waals surface area contributed by atoms with Gasteiger partial charge in [0.25, 0.3) is 0 Å². The summed E-state index contributed by atoms with van der Waals surface area (Å²) in [6, 6.07) is 20.0. The Labute approximate surface area is 101 Å². The molecule has 0 aromatic heterocycles. The first-order valence-electron chi connectivity index (χ1n) is 5.65. The van der Waals surface area contributed by atoms with E-state index in [0.29, 0.717) is 6.42 Å². The highest BCUT2D eigenvalue weighted by molar-refractivity contribution is 5.75. The SMILES string of the molecule is NC(=O)CC(c1ccccc1)c1ccccc1. The molecule has 0 spiro atoms. The molecule has 0 bridgehead atoms. The molecule has 2 rings (SSSR count). The normalized spacial score (nSPS) is 10.4. The highest BCUT2D eigenvalue weighted by Gasteiger charge is 2.15. The van der Waals surface area contributed by atoms with Gasteiger partial charge in [-0.2, -0.15) is 0 Å². The lowest BCUT2D eigenvalue weighted by Gasteiger charge is -2.16. The summed E-state index contributed by atoms with van der Waals surface area (Å²) in [7, 11) is 0. The Morgan fingerprint density at radius 3 is 1.65 bits per heavy atom. The Kier molecular flexibility index (Phi) is 3.55. The molecule has 0 aliphatic carbocycles. The fourth-order valence-electron chi connectivity index (χ4n) is 2.00. The number of hydrogen-bond acceptors (Lipinski definition) is 1. The number of hydrogen-bond donors (Lipinski definition) is 1. The van der Waals surface area contributed by atoms with Gasteiger partial charge in [-0.25, -0.2) is 0 Å². The van der Waals surface area contributed by atoms with E-state index in [0.717, 1.165) is 11.1 Å². The molecule has 2 nitrogen and oxygen atoms in total. The van der Waals surface area contributed by atoms with E-state index >= 15 is 0 Å². The van der Waals surface area contributed by atoms with Crippen molar-refractivity contribution in [3.05, 3.63) is 71.8 Å². The largest absolute Gasteiger partial charge is 0.370 e. The molecule has 0 fully saturated rings. The van der Waals surface area contributed by atoms with Crippen LogP contribution in [0.2, 0.25) is 0 Å². The maximum absolute atomic E-state index is 11.2. The van der Waals surface area contributed by atoms with Crippen LogP contribution in [-0.4, -0.2) is 5.91 Å². The van der Waals surface area contributed by atoms with Crippen molar-refractivity contribution in [2.75, 3.05) is 0 Å². The van der Waals surface area contributed by atoms with Gasteiger partial charge in [0.05, 0.1) is 0 Å². The standard InChI is InChI=1S/C15H15NO/c16-15(17)11-14(12-7-3-1-4-8-12)13-9-5-2-6-10-13/h1-10,14H,11H2,(H2,16,17). The second-order valence-electron chi connectivity index (χ2n) is 4.04. The molecule has 0 heterocycles. The number of benzene rings is 2. The van der Waals surface area contributed by atoms with Crippen molar-refractivity contribution in [2.45, 2.75) is 12.3 Å². The van der Waals surface area contributed by atoms with Gasteiger partial charge in [0, 0.05) is 12.3 Å². The Morgan fingerprint density at radius 2 is 1.29 bits per heavy atom. The fraction of sp³-hybridized carbons (Fsp3) is 0.133. The molecule has 2 N–H and O–H groups in total. The van der Waals surface area contributed by atoms with E-state index in [9.17, 15) is 4.79 Å². The molecule has 1 amide bonds. The monoisotopic (exact) mass is 225 g/mol. The van der Waals surface area contributed by atoms with Gasteiger partial charge in [-0.3, -0.25) is 4.79 Å². The van der Waals surface area contributed by atoms with E-state index in [1.165, 1.54) is 0 Å². The summed E-state index contributed by atoms with van der Waals surface area (Å²) in [5.74, 6) is -0.224. The summed E-state index contributed by atoms with van der Waals surface area (Å²) in [4.78, 5) is 11.2. The molecular weight excluding hydrogens is 210 g/mol. The zero-order valence-corrected chi connectivity index (χ0v) is 9.54. The first kappa shape index (κ1) is 11.4. The van der Waals surface area contributed by atoms with Crippen LogP contribution in [0, 0.1) is 0 Å². The highest BCUT2D eigenvalue weighted by atomic mass is 16.1. The van der Waals surface area contributed by atoms with E-state index in [1.807, 2.05) is 60.7 Å². The molecular formula is C15H15NO. The lowest BCUT2D eigenvalue weighted by atomic mass is 9.88. The summed E-state index contributed by atoms with van der Waals surface area (Å²) < 4.78 is 0. The number of nitrogens with two attached hydrogens (primary N) is 1. The Balaban J connectivity index is 2.36. The number of rotatable bonds is 4. The zero-order valence-electron chi connectivity index (χ0n) is 9.54. The Morgan fingerprint density at radius 1 is 0.882 bits per heavy atom. The smallest absolute Gasteiger partial charge is 0.218 e. The average molecular weight is 225 g/mol. The first-order chi connectivity index (χ1) is 8.27. The van der Waals surface area contributed by atoms with Crippen LogP contribution in [0.5, 0.6) is 0 Å². The van der Waals surface area contributed by atoms with Crippen molar-refractivity contribution in [1.29, 1.82) is 0 Å². The minimum atomic E-state index is -0.275. The average Bonchev–Trinajstić information content (AvgIpc) is 2.38. The van der Waals surface area contributed by atoms with Crippen LogP contribution in [0.4, 0.5) is 0 Å². The zero-order chi connectivity index (χ0) is 12.1. The molecule has 0 unspecified atom stereocenters. The Hall–Kier alpha value is -2.09. The molecule has 2 aromatic rings. The second-order valence-corrected chi connectivity index (χ2v) is 4.04. The molecule has 2 heteroatoms. The summed E-state index contributed by atoms with van der Waals surface area (Å²) in [6.45, 7) is 0. The lowest BCUT2D eigenvalue weighted by Crippen LogP contribution is -2.16. The van der Waals surface area contributed by atoms with E-state index in [-0.39, 0.29) is 11.8 Å². The number of carbonyl (C=O) groups excluding carboxylic acids is 1. The van der Waals surface area contributed by atoms with Gasteiger partial charge in [0.15, 0.2) is 0 Å². The first-order valence-corrected chi connectivity index (χ1v) is 5.65. The minimum Gasteiger partial charge on any atom is -0.370 e. The van der Waals surface area contributed by atoms with Crippen molar-refractivity contribution >= 4 is 5.91 Å². The van der Waals surface area contributed by atoms with Gasteiger partial charge >= 0.3 is 0 Å². The molecule has 0 aliphatic heterocycles. The summed E-state index contributed by atoms with van der Waals surface area (Å²) >= 11 is 0. The molecule has 86 valence electrons. The predicted molar refractivity (Wildman–Crippen MR) is 68.5 cm³/mol. The molecule has 2 aromatic carbocycles. The van der Waals surface area contributed by atoms with Crippen molar-refractivity contribution in [2.24, 2.45) is 5.73 Å². The molecule has 0 saturated carbocycles.